The van der Waals surface area contributed by atoms with E-state index in [1.807, 2.05) is 0 Å². The monoisotopic (exact) mass is 315 g/mol. The molecule has 0 unspecified atom stereocenters. The highest BCUT2D eigenvalue weighted by molar-refractivity contribution is 7.88. The van der Waals surface area contributed by atoms with Crippen LogP contribution in [0.1, 0.15) is 11.1 Å². The van der Waals surface area contributed by atoms with Crippen molar-refractivity contribution in [3.05, 3.63) is 35.4 Å². The molecule has 1 amide bonds. The number of nitrogens with two attached hydrogens (primary N) is 1. The van der Waals surface area contributed by atoms with E-state index in [-0.39, 0.29) is 23.2 Å². The predicted molar refractivity (Wildman–Crippen MR) is 81.6 cm³/mol. The molecule has 1 aromatic rings. The third-order valence-corrected chi connectivity index (χ3v) is 4.04. The SMILES string of the molecule is CN(C)C(=O)CNS(=O)(=O)Cc1cccc(C(N)=S)c1. The summed E-state index contributed by atoms with van der Waals surface area (Å²) in [5.74, 6) is -0.546. The fraction of sp³-hybridized carbons (Fsp3) is 0.333. The third kappa shape index (κ3) is 5.24. The Morgan fingerprint density at radius 3 is 2.60 bits per heavy atom. The summed E-state index contributed by atoms with van der Waals surface area (Å²) in [6.07, 6.45) is 0. The van der Waals surface area contributed by atoms with Gasteiger partial charge in [-0.3, -0.25) is 4.79 Å². The van der Waals surface area contributed by atoms with Gasteiger partial charge in [0.15, 0.2) is 0 Å². The van der Waals surface area contributed by atoms with Gasteiger partial charge in [-0.15, -0.1) is 0 Å². The van der Waals surface area contributed by atoms with E-state index in [1.54, 1.807) is 38.4 Å². The number of amides is 1. The van der Waals surface area contributed by atoms with Crippen molar-refractivity contribution in [2.45, 2.75) is 5.75 Å². The Bertz CT molecular complexity index is 612. The van der Waals surface area contributed by atoms with Crippen LogP contribution in [-0.4, -0.2) is 44.9 Å². The quantitative estimate of drug-likeness (QED) is 0.711. The van der Waals surface area contributed by atoms with Crippen molar-refractivity contribution >= 4 is 33.1 Å². The van der Waals surface area contributed by atoms with E-state index in [1.165, 1.54) is 4.90 Å². The number of thiocarbonyl (C=S) groups is 1. The summed E-state index contributed by atoms with van der Waals surface area (Å²) in [6, 6.07) is 6.68. The van der Waals surface area contributed by atoms with E-state index in [9.17, 15) is 13.2 Å². The van der Waals surface area contributed by atoms with Crippen LogP contribution in [0.4, 0.5) is 0 Å². The number of rotatable bonds is 6. The summed E-state index contributed by atoms with van der Waals surface area (Å²) in [5, 5.41) is 0. The van der Waals surface area contributed by atoms with Crippen LogP contribution in [0.2, 0.25) is 0 Å². The van der Waals surface area contributed by atoms with Gasteiger partial charge in [-0.1, -0.05) is 30.4 Å². The Hall–Kier alpha value is -1.51. The molecule has 0 saturated carbocycles. The molecule has 3 N–H and O–H groups in total. The molecule has 110 valence electrons. The minimum Gasteiger partial charge on any atom is -0.389 e. The minimum absolute atomic E-state index is 0.208. The topological polar surface area (TPSA) is 92.5 Å². The van der Waals surface area contributed by atoms with Gasteiger partial charge < -0.3 is 10.6 Å². The molecule has 1 aromatic carbocycles. The molecule has 0 saturated heterocycles. The number of carbonyl (C=O) groups is 1. The maximum atomic E-state index is 11.9. The maximum Gasteiger partial charge on any atom is 0.237 e. The summed E-state index contributed by atoms with van der Waals surface area (Å²) in [6.45, 7) is -0.260. The van der Waals surface area contributed by atoms with E-state index >= 15 is 0 Å². The summed E-state index contributed by atoms with van der Waals surface area (Å²) in [7, 11) is -0.472. The van der Waals surface area contributed by atoms with Gasteiger partial charge in [0.25, 0.3) is 0 Å². The highest BCUT2D eigenvalue weighted by atomic mass is 32.2. The fourth-order valence-electron chi connectivity index (χ4n) is 1.41. The van der Waals surface area contributed by atoms with Gasteiger partial charge in [0.1, 0.15) is 4.99 Å². The number of hydrogen-bond acceptors (Lipinski definition) is 4. The van der Waals surface area contributed by atoms with Crippen LogP contribution in [0.3, 0.4) is 0 Å². The molecule has 0 radical (unpaired) electrons. The number of benzene rings is 1. The van der Waals surface area contributed by atoms with Crippen LogP contribution in [0.5, 0.6) is 0 Å². The van der Waals surface area contributed by atoms with Crippen molar-refractivity contribution in [1.29, 1.82) is 0 Å². The first-order valence-electron chi connectivity index (χ1n) is 5.77. The van der Waals surface area contributed by atoms with Crippen LogP contribution in [0.25, 0.3) is 0 Å². The van der Waals surface area contributed by atoms with Gasteiger partial charge in [0.05, 0.1) is 12.3 Å². The van der Waals surface area contributed by atoms with Crippen LogP contribution in [0, 0.1) is 0 Å². The van der Waals surface area contributed by atoms with Crippen molar-refractivity contribution < 1.29 is 13.2 Å². The van der Waals surface area contributed by atoms with Crippen LogP contribution in [0.15, 0.2) is 24.3 Å². The van der Waals surface area contributed by atoms with E-state index in [0.717, 1.165) is 0 Å². The van der Waals surface area contributed by atoms with Crippen molar-refractivity contribution in [2.75, 3.05) is 20.6 Å². The number of carbonyl (C=O) groups excluding carboxylic acids is 1. The van der Waals surface area contributed by atoms with Crippen LogP contribution in [-0.2, 0) is 20.6 Å². The highest BCUT2D eigenvalue weighted by Gasteiger charge is 2.14. The second-order valence-corrected chi connectivity index (χ2v) is 6.68. The molecule has 0 heterocycles. The fourth-order valence-corrected chi connectivity index (χ4v) is 2.61. The lowest BCUT2D eigenvalue weighted by Crippen LogP contribution is -2.36. The third-order valence-electron chi connectivity index (χ3n) is 2.51. The highest BCUT2D eigenvalue weighted by Crippen LogP contribution is 2.08. The first-order valence-corrected chi connectivity index (χ1v) is 7.83. The Balaban J connectivity index is 2.74. The van der Waals surface area contributed by atoms with Crippen molar-refractivity contribution in [2.24, 2.45) is 5.73 Å². The average molecular weight is 315 g/mol. The Morgan fingerprint density at radius 2 is 2.05 bits per heavy atom. The molecule has 0 spiro atoms. The normalized spacial score (nSPS) is 11.1. The lowest BCUT2D eigenvalue weighted by molar-refractivity contribution is -0.127. The number of nitrogens with one attached hydrogen (secondary N) is 1. The van der Waals surface area contributed by atoms with Crippen molar-refractivity contribution in [3.8, 4) is 0 Å². The molecule has 0 aliphatic heterocycles. The van der Waals surface area contributed by atoms with E-state index < -0.39 is 10.0 Å². The molecule has 20 heavy (non-hydrogen) atoms. The lowest BCUT2D eigenvalue weighted by Gasteiger charge is -2.11. The summed E-state index contributed by atoms with van der Waals surface area (Å²) < 4.78 is 26.0. The lowest BCUT2D eigenvalue weighted by atomic mass is 10.1. The Kier molecular flexibility index (Phi) is 5.61. The maximum absolute atomic E-state index is 11.9. The molecular weight excluding hydrogens is 298 g/mol. The van der Waals surface area contributed by atoms with Gasteiger partial charge in [0, 0.05) is 19.7 Å². The molecule has 0 aliphatic carbocycles. The number of nitrogens with zero attached hydrogens (tertiary/aromatic N) is 1. The van der Waals surface area contributed by atoms with Gasteiger partial charge in [-0.25, -0.2) is 13.1 Å². The summed E-state index contributed by atoms with van der Waals surface area (Å²) in [4.78, 5) is 12.9. The molecule has 0 atom stereocenters. The number of likely N-dealkylation sites (N-methyl/N-ethyl adjacent to an activating group) is 1. The smallest absolute Gasteiger partial charge is 0.237 e. The average Bonchev–Trinajstić information content (AvgIpc) is 2.35. The second-order valence-electron chi connectivity index (χ2n) is 4.43. The predicted octanol–water partition coefficient (Wildman–Crippen LogP) is -0.172. The van der Waals surface area contributed by atoms with Crippen molar-refractivity contribution in [1.82, 2.24) is 9.62 Å². The zero-order chi connectivity index (χ0) is 15.3. The molecule has 0 fully saturated rings. The standard InChI is InChI=1S/C12H17N3O3S2/c1-15(2)11(16)7-14-20(17,18)8-9-4-3-5-10(6-9)12(13)19/h3-6,14H,7-8H2,1-2H3,(H2,13,19). The summed E-state index contributed by atoms with van der Waals surface area (Å²) in [5.41, 5.74) is 6.66. The van der Waals surface area contributed by atoms with Crippen LogP contribution < -0.4 is 10.5 Å². The molecule has 1 rings (SSSR count). The number of sulfonamides is 1. The number of hydrogen-bond donors (Lipinski definition) is 2. The summed E-state index contributed by atoms with van der Waals surface area (Å²) >= 11 is 4.84. The molecule has 0 aromatic heterocycles. The van der Waals surface area contributed by atoms with Gasteiger partial charge in [-0.05, 0) is 11.6 Å². The second kappa shape index (κ2) is 6.78. The largest absolute Gasteiger partial charge is 0.389 e. The van der Waals surface area contributed by atoms with Gasteiger partial charge in [-0.2, -0.15) is 0 Å². The molecule has 8 heteroatoms. The Labute approximate surface area is 124 Å². The van der Waals surface area contributed by atoms with E-state index in [2.05, 4.69) is 4.72 Å². The van der Waals surface area contributed by atoms with Gasteiger partial charge >= 0.3 is 0 Å². The first-order chi connectivity index (χ1) is 9.21. The Morgan fingerprint density at radius 1 is 1.40 bits per heavy atom. The van der Waals surface area contributed by atoms with E-state index in [4.69, 9.17) is 18.0 Å². The zero-order valence-electron chi connectivity index (χ0n) is 11.3. The zero-order valence-corrected chi connectivity index (χ0v) is 12.9. The molecule has 0 aliphatic rings. The minimum atomic E-state index is -3.59. The van der Waals surface area contributed by atoms with Crippen LogP contribution >= 0.6 is 12.2 Å². The molecule has 6 nitrogen and oxygen atoms in total. The van der Waals surface area contributed by atoms with Crippen molar-refractivity contribution in [3.63, 3.8) is 0 Å². The van der Waals surface area contributed by atoms with Gasteiger partial charge in [0.2, 0.25) is 15.9 Å². The van der Waals surface area contributed by atoms with E-state index in [0.29, 0.717) is 11.1 Å². The molecule has 0 bridgehead atoms. The first kappa shape index (κ1) is 16.5. The molecular formula is C12H17N3O3S2.